The van der Waals surface area contributed by atoms with E-state index in [0.717, 1.165) is 21.7 Å². The minimum absolute atomic E-state index is 0.138. The molecule has 9 heteroatoms. The van der Waals surface area contributed by atoms with Crippen molar-refractivity contribution < 1.29 is 18.0 Å². The van der Waals surface area contributed by atoms with Crippen LogP contribution in [0.5, 0.6) is 0 Å². The number of sulfonamides is 1. The predicted molar refractivity (Wildman–Crippen MR) is 130 cm³/mol. The number of benzene rings is 2. The number of nitrogens with one attached hydrogen (secondary N) is 1. The summed E-state index contributed by atoms with van der Waals surface area (Å²) in [5.41, 5.74) is 2.31. The average Bonchev–Trinajstić information content (AvgIpc) is 2.83. The number of pyridine rings is 1. The molecular formula is C25H28N4O4S. The van der Waals surface area contributed by atoms with E-state index in [-0.39, 0.29) is 25.5 Å². The van der Waals surface area contributed by atoms with Gasteiger partial charge in [0.1, 0.15) is 6.04 Å². The Morgan fingerprint density at radius 1 is 0.912 bits per heavy atom. The lowest BCUT2D eigenvalue weighted by Gasteiger charge is -2.32. The molecule has 1 atom stereocenters. The van der Waals surface area contributed by atoms with Crippen LogP contribution in [-0.2, 0) is 32.7 Å². The number of nitrogens with zero attached hydrogens (tertiary/aromatic N) is 3. The number of likely N-dealkylation sites (N-methyl/N-ethyl adjacent to an activating group) is 1. The number of carbonyl (C=O) groups excluding carboxylic acids is 2. The van der Waals surface area contributed by atoms with Crippen LogP contribution in [0.4, 0.5) is 0 Å². The number of rotatable bonds is 10. The number of aromatic nitrogens is 1. The third kappa shape index (κ3) is 6.97. The molecule has 0 aliphatic carbocycles. The summed E-state index contributed by atoms with van der Waals surface area (Å²) in [7, 11) is -2.24. The molecule has 0 fully saturated rings. The van der Waals surface area contributed by atoms with Crippen molar-refractivity contribution in [3.05, 3.63) is 102 Å². The standard InChI is InChI=1S/C25H28N4O4S/c1-28(34(2,32)33)19-23(30)29(18-21-9-5-3-6-10-21)24(22-11-7-4-8-12-22)25(31)27-17-20-13-15-26-16-14-20/h3-16,24H,17-19H2,1-2H3,(H,27,31). The van der Waals surface area contributed by atoms with Gasteiger partial charge in [0.25, 0.3) is 0 Å². The summed E-state index contributed by atoms with van der Waals surface area (Å²) < 4.78 is 24.9. The maximum atomic E-state index is 13.5. The van der Waals surface area contributed by atoms with Crippen LogP contribution in [0.2, 0.25) is 0 Å². The molecule has 0 aliphatic rings. The predicted octanol–water partition coefficient (Wildman–Crippen LogP) is 2.36. The summed E-state index contributed by atoms with van der Waals surface area (Å²) in [6.45, 7) is 0.0213. The summed E-state index contributed by atoms with van der Waals surface area (Å²) in [6.07, 6.45) is 4.32. The molecule has 0 saturated carbocycles. The largest absolute Gasteiger partial charge is 0.350 e. The van der Waals surface area contributed by atoms with E-state index >= 15 is 0 Å². The van der Waals surface area contributed by atoms with E-state index in [9.17, 15) is 18.0 Å². The first-order chi connectivity index (χ1) is 16.3. The van der Waals surface area contributed by atoms with Crippen molar-refractivity contribution >= 4 is 21.8 Å². The summed E-state index contributed by atoms with van der Waals surface area (Å²) in [4.78, 5) is 32.3. The number of hydrogen-bond donors (Lipinski definition) is 1. The van der Waals surface area contributed by atoms with Gasteiger partial charge >= 0.3 is 0 Å². The summed E-state index contributed by atoms with van der Waals surface area (Å²) in [5.74, 6) is -0.848. The Hall–Kier alpha value is -3.56. The monoisotopic (exact) mass is 480 g/mol. The number of carbonyl (C=O) groups is 2. The lowest BCUT2D eigenvalue weighted by atomic mass is 10.0. The van der Waals surface area contributed by atoms with Gasteiger partial charge in [-0.3, -0.25) is 14.6 Å². The van der Waals surface area contributed by atoms with Gasteiger partial charge in [0.15, 0.2) is 0 Å². The Morgan fingerprint density at radius 3 is 2.09 bits per heavy atom. The van der Waals surface area contributed by atoms with Crippen LogP contribution in [0.25, 0.3) is 0 Å². The number of amides is 2. The minimum Gasteiger partial charge on any atom is -0.350 e. The highest BCUT2D eigenvalue weighted by Crippen LogP contribution is 2.24. The van der Waals surface area contributed by atoms with Gasteiger partial charge < -0.3 is 10.2 Å². The normalized spacial score (nSPS) is 12.2. The molecule has 0 radical (unpaired) electrons. The molecular weight excluding hydrogens is 452 g/mol. The van der Waals surface area contributed by atoms with Crippen molar-refractivity contribution in [3.8, 4) is 0 Å². The Labute approximate surface area is 200 Å². The molecule has 1 unspecified atom stereocenters. The van der Waals surface area contributed by atoms with Gasteiger partial charge in [-0.15, -0.1) is 0 Å². The third-order valence-corrected chi connectivity index (χ3v) is 6.59. The van der Waals surface area contributed by atoms with Gasteiger partial charge in [0.2, 0.25) is 21.8 Å². The molecule has 0 saturated heterocycles. The van der Waals surface area contributed by atoms with Gasteiger partial charge in [-0.1, -0.05) is 60.7 Å². The first-order valence-electron chi connectivity index (χ1n) is 10.7. The van der Waals surface area contributed by atoms with E-state index in [1.54, 1.807) is 48.8 Å². The zero-order chi connectivity index (χ0) is 24.6. The highest BCUT2D eigenvalue weighted by atomic mass is 32.2. The van der Waals surface area contributed by atoms with Crippen LogP contribution in [0.15, 0.2) is 85.2 Å². The summed E-state index contributed by atoms with van der Waals surface area (Å²) in [6, 6.07) is 20.9. The molecule has 178 valence electrons. The Kier molecular flexibility index (Phi) is 8.50. The van der Waals surface area contributed by atoms with Gasteiger partial charge in [-0.2, -0.15) is 4.31 Å². The summed E-state index contributed by atoms with van der Waals surface area (Å²) >= 11 is 0. The number of hydrogen-bond acceptors (Lipinski definition) is 5. The summed E-state index contributed by atoms with van der Waals surface area (Å²) in [5, 5.41) is 2.91. The van der Waals surface area contributed by atoms with E-state index in [1.165, 1.54) is 11.9 Å². The molecule has 0 aliphatic heterocycles. The van der Waals surface area contributed by atoms with E-state index in [0.29, 0.717) is 5.56 Å². The molecule has 34 heavy (non-hydrogen) atoms. The second-order valence-corrected chi connectivity index (χ2v) is 10.0. The van der Waals surface area contributed by atoms with Gasteiger partial charge in [-0.05, 0) is 28.8 Å². The highest BCUT2D eigenvalue weighted by molar-refractivity contribution is 7.88. The minimum atomic E-state index is -3.58. The lowest BCUT2D eigenvalue weighted by Crippen LogP contribution is -2.47. The van der Waals surface area contributed by atoms with Crippen molar-refractivity contribution in [1.82, 2.24) is 19.5 Å². The molecule has 8 nitrogen and oxygen atoms in total. The molecule has 0 bridgehead atoms. The van der Waals surface area contributed by atoms with Crippen molar-refractivity contribution in [3.63, 3.8) is 0 Å². The molecule has 1 aromatic heterocycles. The second kappa shape index (κ2) is 11.5. The van der Waals surface area contributed by atoms with Crippen molar-refractivity contribution in [2.45, 2.75) is 19.1 Å². The molecule has 0 spiro atoms. The van der Waals surface area contributed by atoms with Crippen LogP contribution in [0.3, 0.4) is 0 Å². The topological polar surface area (TPSA) is 99.7 Å². The Balaban J connectivity index is 1.96. The molecule has 1 N–H and O–H groups in total. The van der Waals surface area contributed by atoms with Gasteiger partial charge in [0, 0.05) is 32.5 Å². The van der Waals surface area contributed by atoms with Crippen molar-refractivity contribution in [2.75, 3.05) is 19.8 Å². The Bertz CT molecular complexity index is 1190. The lowest BCUT2D eigenvalue weighted by molar-refractivity contribution is -0.141. The van der Waals surface area contributed by atoms with E-state index in [4.69, 9.17) is 0 Å². The highest BCUT2D eigenvalue weighted by Gasteiger charge is 2.32. The fourth-order valence-corrected chi connectivity index (χ4v) is 3.74. The smallest absolute Gasteiger partial charge is 0.247 e. The van der Waals surface area contributed by atoms with Crippen molar-refractivity contribution in [2.24, 2.45) is 0 Å². The molecule has 2 amide bonds. The third-order valence-electron chi connectivity index (χ3n) is 5.33. The SMILES string of the molecule is CN(CC(=O)N(Cc1ccccc1)C(C(=O)NCc1ccncc1)c1ccccc1)S(C)(=O)=O. The van der Waals surface area contributed by atoms with Gasteiger partial charge in [0.05, 0.1) is 12.8 Å². The fraction of sp³-hybridized carbons (Fsp3) is 0.240. The molecule has 3 aromatic rings. The zero-order valence-corrected chi connectivity index (χ0v) is 20.0. The maximum absolute atomic E-state index is 13.5. The Morgan fingerprint density at radius 2 is 1.50 bits per heavy atom. The molecule has 1 heterocycles. The second-order valence-electron chi connectivity index (χ2n) is 7.91. The zero-order valence-electron chi connectivity index (χ0n) is 19.2. The average molecular weight is 481 g/mol. The molecule has 3 rings (SSSR count). The first-order valence-corrected chi connectivity index (χ1v) is 12.6. The molecule has 2 aromatic carbocycles. The fourth-order valence-electron chi connectivity index (χ4n) is 3.40. The van der Waals surface area contributed by atoms with E-state index in [2.05, 4.69) is 10.3 Å². The van der Waals surface area contributed by atoms with Crippen LogP contribution in [0, 0.1) is 0 Å². The van der Waals surface area contributed by atoms with Gasteiger partial charge in [-0.25, -0.2) is 8.42 Å². The van der Waals surface area contributed by atoms with E-state index < -0.39 is 22.0 Å². The van der Waals surface area contributed by atoms with Crippen LogP contribution < -0.4 is 5.32 Å². The quantitative estimate of drug-likeness (QED) is 0.480. The maximum Gasteiger partial charge on any atom is 0.247 e. The first kappa shape index (κ1) is 25.1. The van der Waals surface area contributed by atoms with Crippen LogP contribution in [0.1, 0.15) is 22.7 Å². The van der Waals surface area contributed by atoms with Crippen molar-refractivity contribution in [1.29, 1.82) is 0 Å². The van der Waals surface area contributed by atoms with Crippen LogP contribution in [-0.4, -0.2) is 54.3 Å². The van der Waals surface area contributed by atoms with Crippen LogP contribution >= 0.6 is 0 Å². The van der Waals surface area contributed by atoms with E-state index in [1.807, 2.05) is 36.4 Å².